The van der Waals surface area contributed by atoms with Gasteiger partial charge in [0, 0.05) is 6.61 Å². The van der Waals surface area contributed by atoms with Gasteiger partial charge < -0.3 is 10.2 Å². The summed E-state index contributed by atoms with van der Waals surface area (Å²) in [4.78, 5) is 0. The van der Waals surface area contributed by atoms with Gasteiger partial charge in [-0.05, 0) is 109 Å². The van der Waals surface area contributed by atoms with Crippen LogP contribution in [0.15, 0.2) is 0 Å². The highest BCUT2D eigenvalue weighted by Gasteiger charge is 2.88. The summed E-state index contributed by atoms with van der Waals surface area (Å²) in [5.74, 6) is 11.5. The Kier molecular flexibility index (Phi) is 1.55. The Morgan fingerprint density at radius 1 is 0.682 bits per heavy atom. The highest BCUT2D eigenvalue weighted by Crippen LogP contribution is 2.89. The monoisotopic (exact) mass is 298 g/mol. The molecule has 15 atom stereocenters. The van der Waals surface area contributed by atoms with Gasteiger partial charge in [0.1, 0.15) is 0 Å². The standard InChI is InChI=1S/C20H26O2/c21-5-8-11-6-1-3-9-13(6)17-15(11)16-12(8)7-2-4-10-14(7)18(16)19(17)20(9,10)22/h6-19,21-22H,1-5H2/t6-,7-,8?,9+,10+,11-,12+,13+,14+,15-,16-,17+,18-,19?,20?/m0/s1. The first-order chi connectivity index (χ1) is 10.8. The predicted octanol–water partition coefficient (Wildman–Crippen LogP) is 2.01. The minimum Gasteiger partial charge on any atom is -0.396 e. The molecule has 118 valence electrons. The zero-order valence-electron chi connectivity index (χ0n) is 13.0. The number of fused-ring (bicyclic) bond motifs is 4. The topological polar surface area (TPSA) is 40.5 Å². The first-order valence-electron chi connectivity index (χ1n) is 10.1. The van der Waals surface area contributed by atoms with Gasteiger partial charge in [0.05, 0.1) is 5.60 Å². The molecular weight excluding hydrogens is 272 g/mol. The second-order valence-electron chi connectivity index (χ2n) is 10.6. The van der Waals surface area contributed by atoms with Crippen LogP contribution in [0.1, 0.15) is 25.7 Å². The van der Waals surface area contributed by atoms with Crippen LogP contribution in [0.4, 0.5) is 0 Å². The van der Waals surface area contributed by atoms with E-state index < -0.39 is 0 Å². The number of hydrogen-bond acceptors (Lipinski definition) is 2. The minimum atomic E-state index is -0.233. The molecule has 8 saturated carbocycles. The SMILES string of the molecule is OCC1[C@@H]2[C@@H]3CC[C@@H]4[C@@H]3[C@H]3C5[C@@H]6[C@@H]([C@@H]1[C@@H]1CC[C@H]([C@@H]16)C54O)[C@H]23. The lowest BCUT2D eigenvalue weighted by Crippen LogP contribution is -2.44. The number of hydrogen-bond donors (Lipinski definition) is 2. The van der Waals surface area contributed by atoms with Gasteiger partial charge in [-0.1, -0.05) is 0 Å². The summed E-state index contributed by atoms with van der Waals surface area (Å²) in [6.45, 7) is 0.471. The van der Waals surface area contributed by atoms with Gasteiger partial charge in [0.15, 0.2) is 0 Å². The zero-order chi connectivity index (χ0) is 14.1. The zero-order valence-corrected chi connectivity index (χ0v) is 13.0. The summed E-state index contributed by atoms with van der Waals surface area (Å²) in [6.07, 6.45) is 5.39. The van der Waals surface area contributed by atoms with E-state index in [1.165, 1.54) is 25.7 Å². The van der Waals surface area contributed by atoms with Gasteiger partial charge in [-0.25, -0.2) is 0 Å². The fourth-order valence-electron chi connectivity index (χ4n) is 12.1. The van der Waals surface area contributed by atoms with Crippen LogP contribution in [0.5, 0.6) is 0 Å². The van der Waals surface area contributed by atoms with E-state index in [-0.39, 0.29) is 5.60 Å². The van der Waals surface area contributed by atoms with E-state index >= 15 is 0 Å². The molecule has 8 aliphatic carbocycles. The van der Waals surface area contributed by atoms with Gasteiger partial charge >= 0.3 is 0 Å². The molecule has 0 amide bonds. The van der Waals surface area contributed by atoms with E-state index in [4.69, 9.17) is 0 Å². The third-order valence-electron chi connectivity index (χ3n) is 11.4. The maximum atomic E-state index is 12.0. The van der Waals surface area contributed by atoms with Crippen molar-refractivity contribution >= 4 is 0 Å². The molecule has 0 saturated heterocycles. The molecule has 2 heteroatoms. The summed E-state index contributed by atoms with van der Waals surface area (Å²) in [7, 11) is 0. The van der Waals surface area contributed by atoms with Crippen molar-refractivity contribution < 1.29 is 10.2 Å². The average Bonchev–Trinajstić information content (AvgIpc) is 3.25. The molecule has 0 aromatic heterocycles. The highest BCUT2D eigenvalue weighted by atomic mass is 16.3. The molecule has 0 aromatic rings. The largest absolute Gasteiger partial charge is 0.396 e. The lowest BCUT2D eigenvalue weighted by Gasteiger charge is -2.38. The fraction of sp³-hybridized carbons (Fsp3) is 1.00. The molecule has 3 unspecified atom stereocenters. The first-order valence-corrected chi connectivity index (χ1v) is 10.1. The quantitative estimate of drug-likeness (QED) is 0.777. The number of aliphatic hydroxyl groups excluding tert-OH is 1. The lowest BCUT2D eigenvalue weighted by atomic mass is 9.71. The highest BCUT2D eigenvalue weighted by molar-refractivity contribution is 5.36. The van der Waals surface area contributed by atoms with Crippen molar-refractivity contribution in [3.05, 3.63) is 0 Å². The Morgan fingerprint density at radius 3 is 1.73 bits per heavy atom. The summed E-state index contributed by atoms with van der Waals surface area (Å²) in [5, 5.41) is 22.3. The summed E-state index contributed by atoms with van der Waals surface area (Å²) >= 11 is 0. The van der Waals surface area contributed by atoms with Crippen LogP contribution in [0.25, 0.3) is 0 Å². The van der Waals surface area contributed by atoms with Crippen LogP contribution >= 0.6 is 0 Å². The normalized spacial score (nSPS) is 82.6. The van der Waals surface area contributed by atoms with Crippen molar-refractivity contribution in [2.75, 3.05) is 6.61 Å². The molecule has 8 aliphatic rings. The molecule has 0 aliphatic heterocycles. The fourth-order valence-corrected chi connectivity index (χ4v) is 12.1. The van der Waals surface area contributed by atoms with E-state index in [1.807, 2.05) is 0 Å². The van der Waals surface area contributed by atoms with Crippen LogP contribution in [0, 0.1) is 82.9 Å². The molecule has 8 rings (SSSR count). The molecule has 0 spiro atoms. The van der Waals surface area contributed by atoms with E-state index in [9.17, 15) is 10.2 Å². The maximum Gasteiger partial charge on any atom is 0.0743 e. The van der Waals surface area contributed by atoms with Crippen LogP contribution in [0.2, 0.25) is 0 Å². The molecule has 0 heterocycles. The predicted molar refractivity (Wildman–Crippen MR) is 79.4 cm³/mol. The number of rotatable bonds is 1. The average molecular weight is 298 g/mol. The first kappa shape index (κ1) is 11.5. The third kappa shape index (κ3) is 0.744. The van der Waals surface area contributed by atoms with E-state index in [0.29, 0.717) is 30.3 Å². The van der Waals surface area contributed by atoms with Crippen LogP contribution in [0.3, 0.4) is 0 Å². The van der Waals surface area contributed by atoms with Crippen molar-refractivity contribution in [2.24, 2.45) is 82.9 Å². The van der Waals surface area contributed by atoms with Crippen molar-refractivity contribution in [2.45, 2.75) is 31.3 Å². The van der Waals surface area contributed by atoms with E-state index in [1.54, 1.807) is 0 Å². The maximum absolute atomic E-state index is 12.0. The Labute approximate surface area is 131 Å². The molecule has 0 bridgehead atoms. The molecule has 8 fully saturated rings. The van der Waals surface area contributed by atoms with Crippen molar-refractivity contribution in [3.63, 3.8) is 0 Å². The van der Waals surface area contributed by atoms with E-state index in [0.717, 1.165) is 59.2 Å². The van der Waals surface area contributed by atoms with Crippen LogP contribution in [-0.4, -0.2) is 22.4 Å². The van der Waals surface area contributed by atoms with Gasteiger partial charge in [0.25, 0.3) is 0 Å². The van der Waals surface area contributed by atoms with Crippen LogP contribution < -0.4 is 0 Å². The Hall–Kier alpha value is -0.0800. The molecule has 2 nitrogen and oxygen atoms in total. The molecule has 2 N–H and O–H groups in total. The molecule has 0 aromatic carbocycles. The van der Waals surface area contributed by atoms with Gasteiger partial charge in [0.2, 0.25) is 0 Å². The molecule has 22 heavy (non-hydrogen) atoms. The molecular formula is C20H26O2. The molecule has 0 radical (unpaired) electrons. The second kappa shape index (κ2) is 2.96. The second-order valence-corrected chi connectivity index (χ2v) is 10.6. The minimum absolute atomic E-state index is 0.233. The summed E-state index contributed by atoms with van der Waals surface area (Å²) in [6, 6.07) is 0. The van der Waals surface area contributed by atoms with Gasteiger partial charge in [-0.3, -0.25) is 0 Å². The summed E-state index contributed by atoms with van der Waals surface area (Å²) < 4.78 is 0. The van der Waals surface area contributed by atoms with Crippen molar-refractivity contribution in [3.8, 4) is 0 Å². The Morgan fingerprint density at radius 2 is 1.23 bits per heavy atom. The van der Waals surface area contributed by atoms with Crippen molar-refractivity contribution in [1.82, 2.24) is 0 Å². The number of aliphatic hydroxyl groups is 2. The summed E-state index contributed by atoms with van der Waals surface area (Å²) in [5.41, 5.74) is -0.233. The van der Waals surface area contributed by atoms with Gasteiger partial charge in [-0.15, -0.1) is 0 Å². The van der Waals surface area contributed by atoms with Crippen molar-refractivity contribution in [1.29, 1.82) is 0 Å². The van der Waals surface area contributed by atoms with Gasteiger partial charge in [-0.2, -0.15) is 0 Å². The van der Waals surface area contributed by atoms with E-state index in [2.05, 4.69) is 0 Å². The third-order valence-corrected chi connectivity index (χ3v) is 11.4. The smallest absolute Gasteiger partial charge is 0.0743 e. The Bertz CT molecular complexity index is 569. The lowest BCUT2D eigenvalue weighted by molar-refractivity contribution is -0.0732. The Balaban J connectivity index is 1.48. The van der Waals surface area contributed by atoms with Crippen LogP contribution in [-0.2, 0) is 0 Å².